The van der Waals surface area contributed by atoms with Crippen LogP contribution in [-0.4, -0.2) is 41.9 Å². The standard InChI is InChI=1S/C20H24N2OS/c23-20(19-14-18(19)16-6-2-1-3-7-16)22-10-5-9-21(11-12-22)15-17-8-4-13-24-17/h1-4,6-8,13,18-19H,5,9-12,14-15H2/t18-,19+/m0/s1. The summed E-state index contributed by atoms with van der Waals surface area (Å²) in [4.78, 5) is 18.8. The second-order valence-electron chi connectivity index (χ2n) is 6.89. The first kappa shape index (κ1) is 15.9. The van der Waals surface area contributed by atoms with Gasteiger partial charge in [0.1, 0.15) is 0 Å². The van der Waals surface area contributed by atoms with Gasteiger partial charge in [-0.25, -0.2) is 0 Å². The third-order valence-corrected chi connectivity index (χ3v) is 6.06. The van der Waals surface area contributed by atoms with Crippen LogP contribution in [0.3, 0.4) is 0 Å². The van der Waals surface area contributed by atoms with E-state index in [4.69, 9.17) is 0 Å². The Balaban J connectivity index is 1.32. The van der Waals surface area contributed by atoms with Crippen molar-refractivity contribution >= 4 is 17.2 Å². The van der Waals surface area contributed by atoms with Crippen molar-refractivity contribution in [1.29, 1.82) is 0 Å². The summed E-state index contributed by atoms with van der Waals surface area (Å²) in [7, 11) is 0. The highest BCUT2D eigenvalue weighted by Gasteiger charge is 2.45. The predicted molar refractivity (Wildman–Crippen MR) is 98.1 cm³/mol. The van der Waals surface area contributed by atoms with Crippen LogP contribution >= 0.6 is 11.3 Å². The van der Waals surface area contributed by atoms with E-state index in [1.54, 1.807) is 0 Å². The molecule has 1 aliphatic carbocycles. The zero-order chi connectivity index (χ0) is 16.4. The Morgan fingerprint density at radius 3 is 2.71 bits per heavy atom. The van der Waals surface area contributed by atoms with Crippen LogP contribution in [0.15, 0.2) is 47.8 Å². The lowest BCUT2D eigenvalue weighted by molar-refractivity contribution is -0.132. The minimum absolute atomic E-state index is 0.219. The monoisotopic (exact) mass is 340 g/mol. The molecule has 1 amide bonds. The minimum Gasteiger partial charge on any atom is -0.341 e. The molecule has 2 aliphatic rings. The van der Waals surface area contributed by atoms with Crippen LogP contribution in [0.25, 0.3) is 0 Å². The average molecular weight is 340 g/mol. The van der Waals surface area contributed by atoms with Crippen LogP contribution in [-0.2, 0) is 11.3 Å². The SMILES string of the molecule is O=C([C@@H]1C[C@H]1c1ccccc1)N1CCCN(Cc2cccs2)CC1. The Hall–Kier alpha value is -1.65. The summed E-state index contributed by atoms with van der Waals surface area (Å²) >= 11 is 1.82. The Morgan fingerprint density at radius 1 is 1.04 bits per heavy atom. The molecule has 4 rings (SSSR count). The van der Waals surface area contributed by atoms with Gasteiger partial charge in [-0.2, -0.15) is 0 Å². The molecule has 0 N–H and O–H groups in total. The summed E-state index contributed by atoms with van der Waals surface area (Å²) in [5.41, 5.74) is 1.32. The molecule has 0 radical (unpaired) electrons. The molecule has 126 valence electrons. The molecule has 2 fully saturated rings. The molecule has 0 spiro atoms. The van der Waals surface area contributed by atoms with E-state index < -0.39 is 0 Å². The van der Waals surface area contributed by atoms with E-state index in [2.05, 4.69) is 51.6 Å². The second-order valence-corrected chi connectivity index (χ2v) is 7.93. The zero-order valence-electron chi connectivity index (χ0n) is 13.9. The van der Waals surface area contributed by atoms with Gasteiger partial charge in [0.15, 0.2) is 0 Å². The molecule has 1 aromatic heterocycles. The zero-order valence-corrected chi connectivity index (χ0v) is 14.8. The molecule has 1 saturated heterocycles. The van der Waals surface area contributed by atoms with Crippen molar-refractivity contribution in [2.75, 3.05) is 26.2 Å². The molecule has 3 nitrogen and oxygen atoms in total. The molecule has 0 unspecified atom stereocenters. The lowest BCUT2D eigenvalue weighted by Crippen LogP contribution is -2.36. The van der Waals surface area contributed by atoms with Crippen molar-refractivity contribution in [2.45, 2.75) is 25.3 Å². The second kappa shape index (κ2) is 7.08. The van der Waals surface area contributed by atoms with Crippen LogP contribution in [0.5, 0.6) is 0 Å². The van der Waals surface area contributed by atoms with Crippen molar-refractivity contribution in [1.82, 2.24) is 9.80 Å². The third-order valence-electron chi connectivity index (χ3n) is 5.20. The predicted octanol–water partition coefficient (Wildman–Crippen LogP) is 3.59. The van der Waals surface area contributed by atoms with Crippen LogP contribution in [0.4, 0.5) is 0 Å². The molecular formula is C20H24N2OS. The van der Waals surface area contributed by atoms with Crippen LogP contribution in [0.1, 0.15) is 29.2 Å². The smallest absolute Gasteiger partial charge is 0.226 e. The van der Waals surface area contributed by atoms with Gasteiger partial charge in [-0.1, -0.05) is 36.4 Å². The van der Waals surface area contributed by atoms with E-state index in [-0.39, 0.29) is 5.92 Å². The number of thiophene rings is 1. The molecule has 1 aromatic carbocycles. The van der Waals surface area contributed by atoms with E-state index in [1.807, 2.05) is 17.4 Å². The van der Waals surface area contributed by atoms with Crippen molar-refractivity contribution in [3.8, 4) is 0 Å². The molecule has 2 atom stereocenters. The van der Waals surface area contributed by atoms with Crippen molar-refractivity contribution in [3.63, 3.8) is 0 Å². The van der Waals surface area contributed by atoms with Crippen molar-refractivity contribution in [3.05, 3.63) is 58.3 Å². The highest BCUT2D eigenvalue weighted by atomic mass is 32.1. The first-order valence-electron chi connectivity index (χ1n) is 8.90. The van der Waals surface area contributed by atoms with E-state index in [9.17, 15) is 4.79 Å². The Labute approximate surface area is 147 Å². The summed E-state index contributed by atoms with van der Waals surface area (Å²) in [5.74, 6) is 1.04. The van der Waals surface area contributed by atoms with E-state index in [0.717, 1.165) is 45.6 Å². The lowest BCUT2D eigenvalue weighted by atomic mass is 10.1. The fourth-order valence-corrected chi connectivity index (χ4v) is 4.49. The van der Waals surface area contributed by atoms with Gasteiger partial charge < -0.3 is 4.90 Å². The van der Waals surface area contributed by atoms with Gasteiger partial charge in [-0.3, -0.25) is 9.69 Å². The van der Waals surface area contributed by atoms with Crippen LogP contribution < -0.4 is 0 Å². The Morgan fingerprint density at radius 2 is 1.92 bits per heavy atom. The van der Waals surface area contributed by atoms with Crippen molar-refractivity contribution in [2.24, 2.45) is 5.92 Å². The summed E-state index contributed by atoms with van der Waals surface area (Å²) in [6.45, 7) is 4.90. The number of carbonyl (C=O) groups is 1. The summed E-state index contributed by atoms with van der Waals surface area (Å²) in [6.07, 6.45) is 2.11. The quantitative estimate of drug-likeness (QED) is 0.849. The Kier molecular flexibility index (Phi) is 4.67. The minimum atomic E-state index is 0.219. The lowest BCUT2D eigenvalue weighted by Gasteiger charge is -2.22. The first-order chi connectivity index (χ1) is 11.8. The van der Waals surface area contributed by atoms with E-state index in [0.29, 0.717) is 11.8 Å². The van der Waals surface area contributed by atoms with Gasteiger partial charge in [0, 0.05) is 43.5 Å². The molecule has 0 bridgehead atoms. The average Bonchev–Trinajstić information content (AvgIpc) is 3.32. The number of hydrogen-bond donors (Lipinski definition) is 0. The molecule has 1 saturated carbocycles. The molecule has 4 heteroatoms. The molecule has 2 aromatic rings. The molecule has 2 heterocycles. The summed E-state index contributed by atoms with van der Waals surface area (Å²) in [5, 5.41) is 2.14. The maximum Gasteiger partial charge on any atom is 0.226 e. The molecule has 24 heavy (non-hydrogen) atoms. The molecular weight excluding hydrogens is 316 g/mol. The fourth-order valence-electron chi connectivity index (χ4n) is 3.74. The van der Waals surface area contributed by atoms with Crippen LogP contribution in [0, 0.1) is 5.92 Å². The van der Waals surface area contributed by atoms with Gasteiger partial charge in [-0.15, -0.1) is 11.3 Å². The summed E-state index contributed by atoms with van der Waals surface area (Å²) in [6, 6.07) is 14.8. The number of hydrogen-bond acceptors (Lipinski definition) is 3. The van der Waals surface area contributed by atoms with Gasteiger partial charge in [0.05, 0.1) is 0 Å². The van der Waals surface area contributed by atoms with Gasteiger partial charge >= 0.3 is 0 Å². The van der Waals surface area contributed by atoms with E-state index >= 15 is 0 Å². The van der Waals surface area contributed by atoms with Crippen LogP contribution in [0.2, 0.25) is 0 Å². The topological polar surface area (TPSA) is 23.6 Å². The van der Waals surface area contributed by atoms with Gasteiger partial charge in [-0.05, 0) is 35.8 Å². The largest absolute Gasteiger partial charge is 0.341 e. The normalized spacial score (nSPS) is 24.6. The number of rotatable bonds is 4. The number of carbonyl (C=O) groups excluding carboxylic acids is 1. The summed E-state index contributed by atoms with van der Waals surface area (Å²) < 4.78 is 0. The molecule has 1 aliphatic heterocycles. The van der Waals surface area contributed by atoms with Crippen molar-refractivity contribution < 1.29 is 4.79 Å². The van der Waals surface area contributed by atoms with Gasteiger partial charge in [0.25, 0.3) is 0 Å². The number of benzene rings is 1. The number of nitrogens with zero attached hydrogens (tertiary/aromatic N) is 2. The van der Waals surface area contributed by atoms with E-state index in [1.165, 1.54) is 10.4 Å². The fraction of sp³-hybridized carbons (Fsp3) is 0.450. The van der Waals surface area contributed by atoms with Gasteiger partial charge in [0.2, 0.25) is 5.91 Å². The third kappa shape index (κ3) is 3.55. The number of amides is 1. The Bertz CT molecular complexity index is 670. The highest BCUT2D eigenvalue weighted by Crippen LogP contribution is 2.48. The highest BCUT2D eigenvalue weighted by molar-refractivity contribution is 7.09. The maximum absolute atomic E-state index is 12.8. The maximum atomic E-state index is 12.8. The first-order valence-corrected chi connectivity index (χ1v) is 9.78.